The summed E-state index contributed by atoms with van der Waals surface area (Å²) in [6.45, 7) is -0.0766. The zero-order valence-corrected chi connectivity index (χ0v) is 31.8. The number of unbranched alkanes of at least 4 members (excludes halogenated alkanes) is 6. The fourth-order valence-corrected chi connectivity index (χ4v) is 16.8. The van der Waals surface area contributed by atoms with E-state index in [-0.39, 0.29) is 0 Å². The molecule has 0 saturated heterocycles. The fourth-order valence-electron chi connectivity index (χ4n) is 7.82. The second-order valence-electron chi connectivity index (χ2n) is 13.6. The minimum atomic E-state index is -4.51. The van der Waals surface area contributed by atoms with Gasteiger partial charge in [-0.3, -0.25) is 0 Å². The van der Waals surface area contributed by atoms with E-state index in [4.69, 9.17) is 3.97 Å². The quantitative estimate of drug-likeness (QED) is 0.0698. The first-order chi connectivity index (χ1) is 25.0. The third kappa shape index (κ3) is 7.07. The molecule has 0 fully saturated rings. The summed E-state index contributed by atoms with van der Waals surface area (Å²) in [6.07, 6.45) is 10.2. The third-order valence-electron chi connectivity index (χ3n) is 10.3. The Morgan fingerprint density at radius 3 is 1.35 bits per heavy atom. The van der Waals surface area contributed by atoms with Gasteiger partial charge in [-0.2, -0.15) is 0 Å². The van der Waals surface area contributed by atoms with Crippen molar-refractivity contribution in [3.63, 3.8) is 0 Å². The number of rotatable bonds is 17. The Bertz CT molecular complexity index is 1950. The minimum absolute atomic E-state index is 0.329. The standard InChI is InChI=1S/C46H51O3PS/c1-3-5-7-13-25-38-37-39-26-23-24-36-45(39)46(44(38)35-22-8-6-4-2)51(47,48)49-50(40-27-14-9-15-28-40,41-29-16-10-17-30-41,42-31-18-11-19-32-42)43-33-20-12-21-34-43/h9-12,14-21,23-24,26-34,36-37H,3-8,13,22,25,35H2,1-2H3. The van der Waals surface area contributed by atoms with Crippen molar-refractivity contribution in [1.29, 1.82) is 0 Å². The molecule has 6 aromatic carbocycles. The van der Waals surface area contributed by atoms with Crippen molar-refractivity contribution in [2.45, 2.75) is 83.0 Å². The van der Waals surface area contributed by atoms with Crippen LogP contribution < -0.4 is 21.2 Å². The molecule has 0 aliphatic rings. The predicted molar refractivity (Wildman–Crippen MR) is 219 cm³/mol. The van der Waals surface area contributed by atoms with Crippen molar-refractivity contribution >= 4 is 48.9 Å². The maximum absolute atomic E-state index is 16.0. The van der Waals surface area contributed by atoms with Crippen molar-refractivity contribution in [3.8, 4) is 0 Å². The molecule has 264 valence electrons. The van der Waals surface area contributed by atoms with Gasteiger partial charge in [-0.15, -0.1) is 0 Å². The van der Waals surface area contributed by atoms with Crippen LogP contribution in [-0.4, -0.2) is 8.42 Å². The Kier molecular flexibility index (Phi) is 11.9. The number of hydrogen-bond acceptors (Lipinski definition) is 3. The van der Waals surface area contributed by atoms with Crippen molar-refractivity contribution < 1.29 is 12.4 Å². The second-order valence-corrected chi connectivity index (χ2v) is 19.6. The van der Waals surface area contributed by atoms with E-state index in [9.17, 15) is 0 Å². The van der Waals surface area contributed by atoms with Crippen LogP contribution in [0.4, 0.5) is 0 Å². The summed E-state index contributed by atoms with van der Waals surface area (Å²) in [5.74, 6) is 0. The van der Waals surface area contributed by atoms with Gasteiger partial charge in [0.05, 0.1) is 0 Å². The average Bonchev–Trinajstić information content (AvgIpc) is 3.18. The Balaban J connectivity index is 1.72. The van der Waals surface area contributed by atoms with Gasteiger partial charge in [0, 0.05) is 0 Å². The molecule has 0 aliphatic heterocycles. The Hall–Kier alpha value is -4.08. The van der Waals surface area contributed by atoms with E-state index in [1.807, 2.05) is 146 Å². The molecular weight excluding hydrogens is 664 g/mol. The van der Waals surface area contributed by atoms with E-state index in [0.29, 0.717) is 11.3 Å². The van der Waals surface area contributed by atoms with Gasteiger partial charge < -0.3 is 0 Å². The van der Waals surface area contributed by atoms with E-state index in [2.05, 4.69) is 19.9 Å². The van der Waals surface area contributed by atoms with Crippen molar-refractivity contribution in [1.82, 2.24) is 0 Å². The first-order valence-corrected chi connectivity index (χ1v) is 22.3. The van der Waals surface area contributed by atoms with Gasteiger partial charge in [0.2, 0.25) is 0 Å². The topological polar surface area (TPSA) is 43.4 Å². The van der Waals surface area contributed by atoms with Gasteiger partial charge in [-0.25, -0.2) is 0 Å². The molecule has 0 heterocycles. The summed E-state index contributed by atoms with van der Waals surface area (Å²) >= 11 is 0. The molecule has 6 aromatic rings. The summed E-state index contributed by atoms with van der Waals surface area (Å²) < 4.78 is 39.5. The molecule has 0 bridgehead atoms. The molecule has 5 heteroatoms. The second kappa shape index (κ2) is 16.5. The third-order valence-corrected chi connectivity index (χ3v) is 18.3. The van der Waals surface area contributed by atoms with Gasteiger partial charge >= 0.3 is 307 Å². The Morgan fingerprint density at radius 1 is 0.490 bits per heavy atom. The van der Waals surface area contributed by atoms with Gasteiger partial charge in [-0.1, -0.05) is 0 Å². The number of aryl methyl sites for hydroxylation is 1. The zero-order valence-electron chi connectivity index (χ0n) is 30.1. The molecule has 0 atom stereocenters. The molecule has 0 spiro atoms. The molecule has 6 rings (SSSR count). The molecule has 0 N–H and O–H groups in total. The van der Waals surface area contributed by atoms with Crippen LogP contribution in [0.1, 0.15) is 76.3 Å². The van der Waals surface area contributed by atoms with Crippen molar-refractivity contribution in [2.75, 3.05) is 0 Å². The number of benzene rings is 6. The molecule has 0 aliphatic carbocycles. The van der Waals surface area contributed by atoms with E-state index < -0.39 is 16.9 Å². The molecule has 51 heavy (non-hydrogen) atoms. The zero-order chi connectivity index (χ0) is 35.6. The monoisotopic (exact) mass is 714 g/mol. The first-order valence-electron chi connectivity index (χ1n) is 18.7. The van der Waals surface area contributed by atoms with Crippen LogP contribution in [0.5, 0.6) is 0 Å². The fraction of sp³-hybridized carbons (Fsp3) is 0.261. The van der Waals surface area contributed by atoms with E-state index in [1.54, 1.807) is 0 Å². The molecule has 3 nitrogen and oxygen atoms in total. The number of fused-ring (bicyclic) bond motifs is 1. The summed E-state index contributed by atoms with van der Waals surface area (Å²) in [7, 11) is -4.47. The normalized spacial score (nSPS) is 12.8. The van der Waals surface area contributed by atoms with E-state index in [0.717, 1.165) is 94.5 Å². The molecule has 0 amide bonds. The maximum atomic E-state index is 16.0. The van der Waals surface area contributed by atoms with Crippen LogP contribution in [0.2, 0.25) is 0 Å². The first kappa shape index (κ1) is 36.7. The van der Waals surface area contributed by atoms with Crippen molar-refractivity contribution in [2.24, 2.45) is 0 Å². The number of hydrogen-bond donors (Lipinski definition) is 0. The summed E-state index contributed by atoms with van der Waals surface area (Å²) in [4.78, 5) is 0.329. The molecule has 0 unspecified atom stereocenters. The van der Waals surface area contributed by atoms with Gasteiger partial charge in [-0.05, 0) is 0 Å². The van der Waals surface area contributed by atoms with Crippen LogP contribution in [-0.2, 0) is 26.9 Å². The Morgan fingerprint density at radius 2 is 0.902 bits per heavy atom. The van der Waals surface area contributed by atoms with Crippen molar-refractivity contribution in [3.05, 3.63) is 163 Å². The molecule has 0 saturated carbocycles. The predicted octanol–water partition coefficient (Wildman–Crippen LogP) is 10.6. The van der Waals surface area contributed by atoms with E-state index >= 15 is 8.42 Å². The van der Waals surface area contributed by atoms with Crippen LogP contribution in [0, 0.1) is 0 Å². The van der Waals surface area contributed by atoms with E-state index in [1.165, 1.54) is 6.42 Å². The average molecular weight is 715 g/mol. The molecule has 0 aromatic heterocycles. The summed E-state index contributed by atoms with van der Waals surface area (Å²) in [6, 6.07) is 50.5. The SMILES string of the molecule is CCCCCCc1cc2ccccc2c(S(=O)(=O)OP(c2ccccc2)(c2ccccc2)(c2ccccc2)c2ccccc2)c1CCCCCC. The molecule has 0 radical (unpaired) electrons. The van der Waals surface area contributed by atoms with Gasteiger partial charge in [0.15, 0.2) is 0 Å². The molecular formula is C46H51O3PS. The van der Waals surface area contributed by atoms with Gasteiger partial charge in [0.1, 0.15) is 0 Å². The Labute approximate surface area is 305 Å². The van der Waals surface area contributed by atoms with Crippen LogP contribution in [0.15, 0.2) is 157 Å². The summed E-state index contributed by atoms with van der Waals surface area (Å²) in [5.41, 5.74) is 2.04. The van der Waals surface area contributed by atoms with Crippen LogP contribution in [0.25, 0.3) is 10.8 Å². The van der Waals surface area contributed by atoms with Gasteiger partial charge in [0.25, 0.3) is 0 Å². The van der Waals surface area contributed by atoms with Crippen LogP contribution in [0.3, 0.4) is 0 Å². The summed E-state index contributed by atoms with van der Waals surface area (Å²) in [5, 5.41) is 4.99. The van der Waals surface area contributed by atoms with Crippen LogP contribution >= 0.6 is 6.83 Å².